The number of anilines is 2. The average Bonchev–Trinajstić information content (AvgIpc) is 3.25. The van der Waals surface area contributed by atoms with Crippen LogP contribution in [-0.2, 0) is 4.74 Å². The molecule has 28 heavy (non-hydrogen) atoms. The molecule has 1 saturated heterocycles. The molecule has 1 fully saturated rings. The number of hydrogen-bond donors (Lipinski definition) is 1. The fourth-order valence-electron chi connectivity index (χ4n) is 3.65. The molecule has 0 bridgehead atoms. The number of nitrogens with one attached hydrogen (secondary N) is 1. The Balaban J connectivity index is 1.62. The predicted molar refractivity (Wildman–Crippen MR) is 107 cm³/mol. The second-order valence-corrected chi connectivity index (χ2v) is 6.99. The van der Waals surface area contributed by atoms with Crippen molar-refractivity contribution in [3.63, 3.8) is 0 Å². The van der Waals surface area contributed by atoms with Crippen molar-refractivity contribution in [2.24, 2.45) is 0 Å². The molecule has 0 spiro atoms. The van der Waals surface area contributed by atoms with E-state index in [1.807, 2.05) is 61.7 Å². The van der Waals surface area contributed by atoms with Gasteiger partial charge in [0, 0.05) is 30.5 Å². The van der Waals surface area contributed by atoms with Gasteiger partial charge in [-0.25, -0.2) is 0 Å². The maximum absolute atomic E-state index is 13.1. The summed E-state index contributed by atoms with van der Waals surface area (Å²) in [5, 5.41) is 7.16. The van der Waals surface area contributed by atoms with Crippen molar-refractivity contribution < 1.29 is 14.1 Å². The Morgan fingerprint density at radius 3 is 2.57 bits per heavy atom. The lowest BCUT2D eigenvalue weighted by atomic mass is 10.2. The second-order valence-electron chi connectivity index (χ2n) is 6.99. The van der Waals surface area contributed by atoms with Crippen molar-refractivity contribution in [2.45, 2.75) is 20.8 Å². The van der Waals surface area contributed by atoms with Crippen molar-refractivity contribution in [3.05, 3.63) is 59.1 Å². The number of aromatic nitrogens is 2. The smallest absolute Gasteiger partial charge is 0.257 e. The molecule has 1 aliphatic rings. The number of para-hydroxylation sites is 2. The van der Waals surface area contributed by atoms with Crippen molar-refractivity contribution in [3.8, 4) is 5.82 Å². The Bertz CT molecular complexity index is 999. The van der Waals surface area contributed by atoms with Gasteiger partial charge in [0.2, 0.25) is 0 Å². The molecular formula is C21H24N4O3. The number of benzene rings is 1. The highest BCUT2D eigenvalue weighted by atomic mass is 16.5. The summed E-state index contributed by atoms with van der Waals surface area (Å²) in [5.41, 5.74) is 4.19. The third-order valence-corrected chi connectivity index (χ3v) is 5.02. The molecule has 2 aromatic heterocycles. The van der Waals surface area contributed by atoms with Crippen LogP contribution in [0.4, 0.5) is 11.4 Å². The number of carbonyl (C=O) groups is 1. The number of ether oxygens (including phenoxy) is 1. The van der Waals surface area contributed by atoms with E-state index in [0.717, 1.165) is 41.6 Å². The number of hydrogen-bond acceptors (Lipinski definition) is 5. The number of rotatable bonds is 4. The van der Waals surface area contributed by atoms with E-state index in [1.165, 1.54) is 0 Å². The molecule has 3 heterocycles. The van der Waals surface area contributed by atoms with Crippen LogP contribution >= 0.6 is 0 Å². The lowest BCUT2D eigenvalue weighted by Crippen LogP contribution is -2.36. The maximum Gasteiger partial charge on any atom is 0.257 e. The Hall–Kier alpha value is -3.06. The summed E-state index contributed by atoms with van der Waals surface area (Å²) in [6, 6.07) is 11.6. The average molecular weight is 380 g/mol. The van der Waals surface area contributed by atoms with Gasteiger partial charge in [0.1, 0.15) is 5.76 Å². The molecule has 0 unspecified atom stereocenters. The van der Waals surface area contributed by atoms with Gasteiger partial charge in [0.25, 0.3) is 5.91 Å². The van der Waals surface area contributed by atoms with Gasteiger partial charge < -0.3 is 19.5 Å². The van der Waals surface area contributed by atoms with Crippen LogP contribution in [0.2, 0.25) is 0 Å². The zero-order valence-corrected chi connectivity index (χ0v) is 16.4. The summed E-state index contributed by atoms with van der Waals surface area (Å²) in [4.78, 5) is 15.3. The summed E-state index contributed by atoms with van der Waals surface area (Å²) < 4.78 is 12.6. The third kappa shape index (κ3) is 3.41. The van der Waals surface area contributed by atoms with Crippen LogP contribution < -0.4 is 10.2 Å². The summed E-state index contributed by atoms with van der Waals surface area (Å²) in [6.07, 6.45) is 0. The largest absolute Gasteiger partial charge is 0.378 e. The number of carbonyl (C=O) groups excluding carboxylic acids is 1. The predicted octanol–water partition coefficient (Wildman–Crippen LogP) is 3.48. The van der Waals surface area contributed by atoms with E-state index in [1.54, 1.807) is 0 Å². The molecule has 0 aliphatic carbocycles. The van der Waals surface area contributed by atoms with Gasteiger partial charge >= 0.3 is 0 Å². The summed E-state index contributed by atoms with van der Waals surface area (Å²) in [6.45, 7) is 8.73. The van der Waals surface area contributed by atoms with Crippen LogP contribution in [-0.4, -0.2) is 41.9 Å². The molecule has 1 N–H and O–H groups in total. The van der Waals surface area contributed by atoms with Crippen LogP contribution in [0.5, 0.6) is 0 Å². The topological polar surface area (TPSA) is 72.5 Å². The molecule has 7 heteroatoms. The van der Waals surface area contributed by atoms with E-state index in [2.05, 4.69) is 15.4 Å². The highest BCUT2D eigenvalue weighted by Gasteiger charge is 2.21. The van der Waals surface area contributed by atoms with Crippen LogP contribution in [0.3, 0.4) is 0 Å². The van der Waals surface area contributed by atoms with Gasteiger partial charge in [-0.3, -0.25) is 9.36 Å². The lowest BCUT2D eigenvalue weighted by molar-refractivity contribution is 0.102. The first-order valence-electron chi connectivity index (χ1n) is 9.40. The van der Waals surface area contributed by atoms with E-state index in [-0.39, 0.29) is 5.91 Å². The quantitative estimate of drug-likeness (QED) is 0.750. The minimum absolute atomic E-state index is 0.139. The number of nitrogens with zero attached hydrogens (tertiary/aromatic N) is 3. The highest BCUT2D eigenvalue weighted by molar-refractivity contribution is 6.07. The van der Waals surface area contributed by atoms with Gasteiger partial charge in [-0.1, -0.05) is 17.3 Å². The minimum atomic E-state index is -0.139. The van der Waals surface area contributed by atoms with Crippen LogP contribution in [0.25, 0.3) is 5.82 Å². The zero-order chi connectivity index (χ0) is 19.7. The first kappa shape index (κ1) is 18.3. The Kier molecular flexibility index (Phi) is 4.92. The minimum Gasteiger partial charge on any atom is -0.378 e. The number of aryl methyl sites for hydroxylation is 2. The molecule has 1 aromatic carbocycles. The van der Waals surface area contributed by atoms with E-state index >= 15 is 0 Å². The van der Waals surface area contributed by atoms with Gasteiger partial charge in [-0.2, -0.15) is 0 Å². The first-order valence-corrected chi connectivity index (χ1v) is 9.40. The first-order chi connectivity index (χ1) is 13.5. The molecule has 0 saturated carbocycles. The van der Waals surface area contributed by atoms with Gasteiger partial charge in [0.05, 0.1) is 30.2 Å². The van der Waals surface area contributed by atoms with Crippen LogP contribution in [0.15, 0.2) is 40.9 Å². The molecule has 1 amide bonds. The lowest BCUT2D eigenvalue weighted by Gasteiger charge is -2.30. The fourth-order valence-corrected chi connectivity index (χ4v) is 3.65. The second kappa shape index (κ2) is 7.52. The normalized spacial score (nSPS) is 14.3. The summed E-state index contributed by atoms with van der Waals surface area (Å²) >= 11 is 0. The molecule has 3 aromatic rings. The van der Waals surface area contributed by atoms with E-state index in [4.69, 9.17) is 9.26 Å². The molecule has 7 nitrogen and oxygen atoms in total. The SMILES string of the molecule is Cc1cc(-n2c(C)cc(C(=O)Nc3ccccc3N3CCOCC3)c2C)no1. The summed E-state index contributed by atoms with van der Waals surface area (Å²) in [7, 11) is 0. The van der Waals surface area contributed by atoms with E-state index in [9.17, 15) is 4.79 Å². The monoisotopic (exact) mass is 380 g/mol. The molecule has 0 atom stereocenters. The standard InChI is InChI=1S/C21H24N4O3/c1-14-12-17(16(3)25(14)20-13-15(2)28-23-20)21(26)22-18-6-4-5-7-19(18)24-8-10-27-11-9-24/h4-7,12-13H,8-11H2,1-3H3,(H,22,26). The van der Waals surface area contributed by atoms with E-state index in [0.29, 0.717) is 24.6 Å². The molecule has 1 aliphatic heterocycles. The van der Waals surface area contributed by atoms with Crippen molar-refractivity contribution in [1.82, 2.24) is 9.72 Å². The molecule has 146 valence electrons. The van der Waals surface area contributed by atoms with Crippen molar-refractivity contribution >= 4 is 17.3 Å². The molecular weight excluding hydrogens is 356 g/mol. The zero-order valence-electron chi connectivity index (χ0n) is 16.4. The highest BCUT2D eigenvalue weighted by Crippen LogP contribution is 2.28. The van der Waals surface area contributed by atoms with Gasteiger partial charge in [-0.05, 0) is 39.0 Å². The van der Waals surface area contributed by atoms with Gasteiger partial charge in [0.15, 0.2) is 5.82 Å². The maximum atomic E-state index is 13.1. The van der Waals surface area contributed by atoms with Crippen LogP contribution in [0, 0.1) is 20.8 Å². The molecule has 4 rings (SSSR count). The van der Waals surface area contributed by atoms with Crippen LogP contribution in [0.1, 0.15) is 27.5 Å². The Morgan fingerprint density at radius 1 is 1.11 bits per heavy atom. The molecule has 0 radical (unpaired) electrons. The fraction of sp³-hybridized carbons (Fsp3) is 0.333. The third-order valence-electron chi connectivity index (χ3n) is 5.02. The Morgan fingerprint density at radius 2 is 1.86 bits per heavy atom. The number of morpholine rings is 1. The van der Waals surface area contributed by atoms with Crippen molar-refractivity contribution in [1.29, 1.82) is 0 Å². The van der Waals surface area contributed by atoms with Gasteiger partial charge in [-0.15, -0.1) is 0 Å². The Labute approximate surface area is 163 Å². The van der Waals surface area contributed by atoms with E-state index < -0.39 is 0 Å². The van der Waals surface area contributed by atoms with Crippen molar-refractivity contribution in [2.75, 3.05) is 36.5 Å². The summed E-state index contributed by atoms with van der Waals surface area (Å²) in [5.74, 6) is 1.27. The number of amides is 1.